The number of aromatic amines is 1. The molecule has 2 aromatic carbocycles. The van der Waals surface area contributed by atoms with Gasteiger partial charge in [-0.25, -0.2) is 4.68 Å². The van der Waals surface area contributed by atoms with Crippen LogP contribution in [0.5, 0.6) is 0 Å². The van der Waals surface area contributed by atoms with Crippen LogP contribution < -0.4 is 5.56 Å². The number of para-hydroxylation sites is 1. The Hall–Kier alpha value is -2.55. The fourth-order valence-corrected chi connectivity index (χ4v) is 2.27. The molecule has 3 rings (SSSR count). The van der Waals surface area contributed by atoms with E-state index < -0.39 is 0 Å². The lowest BCUT2D eigenvalue weighted by molar-refractivity contribution is 0.845. The van der Waals surface area contributed by atoms with Crippen molar-refractivity contribution in [1.29, 1.82) is 0 Å². The van der Waals surface area contributed by atoms with Gasteiger partial charge >= 0.3 is 0 Å². The van der Waals surface area contributed by atoms with Gasteiger partial charge in [-0.15, -0.1) is 0 Å². The predicted octanol–water partition coefficient (Wildman–Crippen LogP) is 3.45. The average molecular weight is 264 g/mol. The van der Waals surface area contributed by atoms with Gasteiger partial charge in [-0.1, -0.05) is 48.0 Å². The summed E-state index contributed by atoms with van der Waals surface area (Å²) in [4.78, 5) is 12.2. The minimum atomic E-state index is -0.0464. The molecule has 1 heterocycles. The van der Waals surface area contributed by atoms with Gasteiger partial charge in [-0.3, -0.25) is 9.89 Å². The fraction of sp³-hybridized carbons (Fsp3) is 0.118. The molecule has 3 aromatic rings. The highest BCUT2D eigenvalue weighted by molar-refractivity contribution is 5.59. The smallest absolute Gasteiger partial charge is 0.271 e. The number of nitrogens with one attached hydrogen (secondary N) is 1. The molecule has 0 radical (unpaired) electrons. The van der Waals surface area contributed by atoms with E-state index in [2.05, 4.69) is 5.10 Å². The standard InChI is InChI=1S/C17H16N2O/c1-12-7-9-14(10-8-12)15-11-17(20)19(18-15)16-6-4-3-5-13(16)2/h3-11,18H,1-2H3. The first-order valence-corrected chi connectivity index (χ1v) is 6.60. The monoisotopic (exact) mass is 264 g/mol. The van der Waals surface area contributed by atoms with E-state index in [1.807, 2.05) is 62.4 Å². The number of aryl methyl sites for hydroxylation is 2. The van der Waals surface area contributed by atoms with Crippen molar-refractivity contribution in [2.45, 2.75) is 13.8 Å². The molecule has 0 aliphatic carbocycles. The summed E-state index contributed by atoms with van der Waals surface area (Å²) in [5.41, 5.74) is 4.95. The van der Waals surface area contributed by atoms with Crippen LogP contribution in [0.1, 0.15) is 11.1 Å². The molecule has 0 aliphatic heterocycles. The maximum atomic E-state index is 12.2. The Bertz CT molecular complexity index is 794. The summed E-state index contributed by atoms with van der Waals surface area (Å²) in [7, 11) is 0. The van der Waals surface area contributed by atoms with Gasteiger partial charge in [-0.05, 0) is 31.0 Å². The molecular formula is C17H16N2O. The van der Waals surface area contributed by atoms with Crippen LogP contribution in [0.2, 0.25) is 0 Å². The molecule has 0 unspecified atom stereocenters. The van der Waals surface area contributed by atoms with E-state index in [1.165, 1.54) is 5.56 Å². The van der Waals surface area contributed by atoms with Gasteiger partial charge in [-0.2, -0.15) is 0 Å². The Labute approximate surface area is 117 Å². The number of aromatic nitrogens is 2. The van der Waals surface area contributed by atoms with Crippen molar-refractivity contribution in [2.24, 2.45) is 0 Å². The van der Waals surface area contributed by atoms with Crippen LogP contribution in [0.15, 0.2) is 59.4 Å². The van der Waals surface area contributed by atoms with Crippen molar-refractivity contribution >= 4 is 0 Å². The molecule has 0 spiro atoms. The summed E-state index contributed by atoms with van der Waals surface area (Å²) in [6.07, 6.45) is 0. The summed E-state index contributed by atoms with van der Waals surface area (Å²) in [5, 5.41) is 3.18. The molecule has 0 saturated heterocycles. The lowest BCUT2D eigenvalue weighted by atomic mass is 10.1. The second kappa shape index (κ2) is 4.85. The number of hydrogen-bond donors (Lipinski definition) is 1. The van der Waals surface area contributed by atoms with Crippen molar-refractivity contribution in [1.82, 2.24) is 9.78 Å². The van der Waals surface area contributed by atoms with E-state index in [0.717, 1.165) is 22.5 Å². The number of rotatable bonds is 2. The molecule has 0 bridgehead atoms. The van der Waals surface area contributed by atoms with Crippen LogP contribution in [0.4, 0.5) is 0 Å². The molecule has 20 heavy (non-hydrogen) atoms. The molecule has 1 aromatic heterocycles. The second-order valence-electron chi connectivity index (χ2n) is 5.00. The summed E-state index contributed by atoms with van der Waals surface area (Å²) in [6.45, 7) is 4.04. The van der Waals surface area contributed by atoms with Gasteiger partial charge in [0.05, 0.1) is 11.4 Å². The van der Waals surface area contributed by atoms with E-state index in [-0.39, 0.29) is 5.56 Å². The van der Waals surface area contributed by atoms with Gasteiger partial charge in [0, 0.05) is 6.07 Å². The lowest BCUT2D eigenvalue weighted by Gasteiger charge is -2.05. The van der Waals surface area contributed by atoms with Gasteiger partial charge in [0.1, 0.15) is 0 Å². The molecule has 3 heteroatoms. The summed E-state index contributed by atoms with van der Waals surface area (Å²) >= 11 is 0. The highest BCUT2D eigenvalue weighted by Gasteiger charge is 2.08. The highest BCUT2D eigenvalue weighted by atomic mass is 16.1. The lowest BCUT2D eigenvalue weighted by Crippen LogP contribution is -2.14. The average Bonchev–Trinajstić information content (AvgIpc) is 2.82. The first-order valence-electron chi connectivity index (χ1n) is 6.60. The molecule has 100 valence electrons. The number of benzene rings is 2. The molecule has 0 saturated carbocycles. The largest absolute Gasteiger partial charge is 0.290 e. The zero-order valence-electron chi connectivity index (χ0n) is 11.6. The van der Waals surface area contributed by atoms with E-state index in [1.54, 1.807) is 10.7 Å². The number of H-pyrrole nitrogens is 1. The Balaban J connectivity index is 2.10. The Kier molecular flexibility index (Phi) is 3.03. The topological polar surface area (TPSA) is 37.8 Å². The maximum absolute atomic E-state index is 12.2. The third kappa shape index (κ3) is 2.18. The highest BCUT2D eigenvalue weighted by Crippen LogP contribution is 2.18. The van der Waals surface area contributed by atoms with Gasteiger partial charge in [0.15, 0.2) is 0 Å². The summed E-state index contributed by atoms with van der Waals surface area (Å²) < 4.78 is 1.59. The normalized spacial score (nSPS) is 10.7. The van der Waals surface area contributed by atoms with Crippen LogP contribution in [0.3, 0.4) is 0 Å². The van der Waals surface area contributed by atoms with Crippen molar-refractivity contribution in [3.8, 4) is 16.9 Å². The van der Waals surface area contributed by atoms with Crippen molar-refractivity contribution in [2.75, 3.05) is 0 Å². The van der Waals surface area contributed by atoms with Crippen LogP contribution in [-0.2, 0) is 0 Å². The van der Waals surface area contributed by atoms with Gasteiger partial charge in [0.2, 0.25) is 0 Å². The van der Waals surface area contributed by atoms with E-state index in [9.17, 15) is 4.79 Å². The van der Waals surface area contributed by atoms with Crippen molar-refractivity contribution in [3.63, 3.8) is 0 Å². The molecular weight excluding hydrogens is 248 g/mol. The second-order valence-corrected chi connectivity index (χ2v) is 5.00. The number of nitrogens with zero attached hydrogens (tertiary/aromatic N) is 1. The fourth-order valence-electron chi connectivity index (χ4n) is 2.27. The van der Waals surface area contributed by atoms with E-state index >= 15 is 0 Å². The van der Waals surface area contributed by atoms with Crippen LogP contribution in [-0.4, -0.2) is 9.78 Å². The summed E-state index contributed by atoms with van der Waals surface area (Å²) in [5.74, 6) is 0. The zero-order chi connectivity index (χ0) is 14.1. The quantitative estimate of drug-likeness (QED) is 0.756. The maximum Gasteiger partial charge on any atom is 0.271 e. The molecule has 0 fully saturated rings. The zero-order valence-corrected chi connectivity index (χ0v) is 11.6. The van der Waals surface area contributed by atoms with Crippen LogP contribution in [0, 0.1) is 13.8 Å². The summed E-state index contributed by atoms with van der Waals surface area (Å²) in [6, 6.07) is 17.6. The van der Waals surface area contributed by atoms with E-state index in [4.69, 9.17) is 0 Å². The predicted molar refractivity (Wildman–Crippen MR) is 81.3 cm³/mol. The molecule has 0 amide bonds. The van der Waals surface area contributed by atoms with Crippen molar-refractivity contribution in [3.05, 3.63) is 76.1 Å². The first kappa shape index (κ1) is 12.5. The first-order chi connectivity index (χ1) is 9.65. The van der Waals surface area contributed by atoms with Crippen molar-refractivity contribution < 1.29 is 0 Å². The minimum Gasteiger partial charge on any atom is -0.290 e. The molecule has 1 N–H and O–H groups in total. The van der Waals surface area contributed by atoms with Gasteiger partial charge < -0.3 is 0 Å². The molecule has 0 aliphatic rings. The van der Waals surface area contributed by atoms with E-state index in [0.29, 0.717) is 0 Å². The Morgan fingerprint density at radius 3 is 2.35 bits per heavy atom. The minimum absolute atomic E-state index is 0.0464. The molecule has 3 nitrogen and oxygen atoms in total. The number of hydrogen-bond acceptors (Lipinski definition) is 1. The molecule has 0 atom stereocenters. The van der Waals surface area contributed by atoms with Gasteiger partial charge in [0.25, 0.3) is 5.56 Å². The Morgan fingerprint density at radius 1 is 0.950 bits per heavy atom. The Morgan fingerprint density at radius 2 is 1.65 bits per heavy atom. The van der Waals surface area contributed by atoms with Crippen LogP contribution in [0.25, 0.3) is 16.9 Å². The third-order valence-corrected chi connectivity index (χ3v) is 3.44. The van der Waals surface area contributed by atoms with Crippen LogP contribution >= 0.6 is 0 Å². The SMILES string of the molecule is Cc1ccc(-c2cc(=O)n(-c3ccccc3C)[nH]2)cc1. The third-order valence-electron chi connectivity index (χ3n) is 3.44.